The monoisotopic (exact) mass is 442 g/mol. The van der Waals surface area contributed by atoms with E-state index in [4.69, 9.17) is 0 Å². The van der Waals surface area contributed by atoms with Crippen molar-refractivity contribution in [2.24, 2.45) is 0 Å². The number of nitrogens with one attached hydrogen (secondary N) is 4. The van der Waals surface area contributed by atoms with Crippen LogP contribution < -0.4 is 15.7 Å². The van der Waals surface area contributed by atoms with Crippen LogP contribution in [-0.4, -0.2) is 37.1 Å². The Kier molecular flexibility index (Phi) is 5.70. The van der Waals surface area contributed by atoms with Gasteiger partial charge in [-0.25, -0.2) is 13.2 Å². The number of benzene rings is 2. The molecule has 0 radical (unpaired) electrons. The SMILES string of the molecule is Cc1cc(C)c(S(=O)(=O)NC(CNc2ccc3[nH]c(=O)[nH]c3c2)C(F)(F)F)c(C)c1. The number of rotatable bonds is 6. The Morgan fingerprint density at radius 1 is 1.00 bits per heavy atom. The van der Waals surface area contributed by atoms with Crippen molar-refractivity contribution in [1.82, 2.24) is 14.7 Å². The highest BCUT2D eigenvalue weighted by atomic mass is 32.2. The highest BCUT2D eigenvalue weighted by Crippen LogP contribution is 2.26. The highest BCUT2D eigenvalue weighted by Gasteiger charge is 2.42. The fourth-order valence-electron chi connectivity index (χ4n) is 3.42. The van der Waals surface area contributed by atoms with Gasteiger partial charge in [0.05, 0.1) is 15.9 Å². The Hall–Kier alpha value is -2.79. The minimum absolute atomic E-state index is 0.159. The molecule has 0 spiro atoms. The number of aromatic nitrogens is 2. The number of H-pyrrole nitrogens is 2. The van der Waals surface area contributed by atoms with Gasteiger partial charge in [0, 0.05) is 12.2 Å². The zero-order valence-electron chi connectivity index (χ0n) is 16.4. The second-order valence-electron chi connectivity index (χ2n) is 7.16. The molecule has 3 rings (SSSR count). The first-order valence-corrected chi connectivity index (χ1v) is 10.5. The molecular formula is C19H21F3N4O3S. The molecule has 0 aliphatic carbocycles. The molecule has 0 saturated heterocycles. The van der Waals surface area contributed by atoms with Crippen molar-refractivity contribution in [2.75, 3.05) is 11.9 Å². The molecule has 3 aromatic rings. The summed E-state index contributed by atoms with van der Waals surface area (Å²) in [6, 6.07) is 5.33. The second kappa shape index (κ2) is 7.80. The molecule has 1 unspecified atom stereocenters. The summed E-state index contributed by atoms with van der Waals surface area (Å²) < 4.78 is 68.0. The molecule has 11 heteroatoms. The maximum atomic E-state index is 13.6. The third-order valence-corrected chi connectivity index (χ3v) is 6.37. The molecule has 4 N–H and O–H groups in total. The molecule has 162 valence electrons. The summed E-state index contributed by atoms with van der Waals surface area (Å²) in [6.07, 6.45) is -4.82. The van der Waals surface area contributed by atoms with Crippen molar-refractivity contribution >= 4 is 26.7 Å². The Bertz CT molecular complexity index is 1220. The van der Waals surface area contributed by atoms with Crippen molar-refractivity contribution in [3.8, 4) is 0 Å². The van der Waals surface area contributed by atoms with E-state index in [0.29, 0.717) is 27.8 Å². The lowest BCUT2D eigenvalue weighted by molar-refractivity contribution is -0.148. The van der Waals surface area contributed by atoms with Crippen LogP contribution in [0.25, 0.3) is 11.0 Å². The molecule has 1 aromatic heterocycles. The molecular weight excluding hydrogens is 421 g/mol. The first kappa shape index (κ1) is 21.9. The average molecular weight is 442 g/mol. The van der Waals surface area contributed by atoms with E-state index < -0.39 is 34.5 Å². The highest BCUT2D eigenvalue weighted by molar-refractivity contribution is 7.89. The molecule has 0 aliphatic rings. The van der Waals surface area contributed by atoms with E-state index in [-0.39, 0.29) is 4.90 Å². The molecule has 2 aromatic carbocycles. The van der Waals surface area contributed by atoms with Gasteiger partial charge in [-0.1, -0.05) is 17.7 Å². The van der Waals surface area contributed by atoms with E-state index in [9.17, 15) is 26.4 Å². The Morgan fingerprint density at radius 2 is 1.60 bits per heavy atom. The average Bonchev–Trinajstić information content (AvgIpc) is 2.95. The number of aromatic amines is 2. The largest absolute Gasteiger partial charge is 0.406 e. The normalized spacial score (nSPS) is 13.5. The van der Waals surface area contributed by atoms with E-state index >= 15 is 0 Å². The predicted molar refractivity (Wildman–Crippen MR) is 108 cm³/mol. The van der Waals surface area contributed by atoms with Crippen molar-refractivity contribution in [2.45, 2.75) is 37.9 Å². The van der Waals surface area contributed by atoms with Crippen LogP contribution in [0.3, 0.4) is 0 Å². The van der Waals surface area contributed by atoms with Gasteiger partial charge in [-0.3, -0.25) is 0 Å². The molecule has 0 aliphatic heterocycles. The van der Waals surface area contributed by atoms with Crippen LogP contribution in [-0.2, 0) is 10.0 Å². The molecule has 7 nitrogen and oxygen atoms in total. The summed E-state index contributed by atoms with van der Waals surface area (Å²) in [7, 11) is -4.42. The Balaban J connectivity index is 1.84. The smallest absolute Gasteiger partial charge is 0.383 e. The second-order valence-corrected chi connectivity index (χ2v) is 8.81. The third kappa shape index (κ3) is 4.68. The van der Waals surface area contributed by atoms with Gasteiger partial charge >= 0.3 is 11.9 Å². The first-order valence-electron chi connectivity index (χ1n) is 8.99. The van der Waals surface area contributed by atoms with E-state index in [1.807, 2.05) is 0 Å². The quantitative estimate of drug-likeness (QED) is 0.471. The summed E-state index contributed by atoms with van der Waals surface area (Å²) in [4.78, 5) is 16.2. The maximum Gasteiger partial charge on any atom is 0.406 e. The Labute approximate surface area is 170 Å². The van der Waals surface area contributed by atoms with E-state index in [0.717, 1.165) is 5.56 Å². The summed E-state index contributed by atoms with van der Waals surface area (Å²) in [5.41, 5.74) is 2.34. The number of imidazole rings is 1. The van der Waals surface area contributed by atoms with Crippen LogP contribution in [0.2, 0.25) is 0 Å². The topological polar surface area (TPSA) is 107 Å². The van der Waals surface area contributed by atoms with E-state index in [1.165, 1.54) is 18.2 Å². The predicted octanol–water partition coefficient (Wildman–Crippen LogP) is 3.10. The van der Waals surface area contributed by atoms with Crippen molar-refractivity contribution < 1.29 is 21.6 Å². The number of sulfonamides is 1. The number of hydrogen-bond acceptors (Lipinski definition) is 4. The number of alkyl halides is 3. The lowest BCUT2D eigenvalue weighted by atomic mass is 10.1. The van der Waals surface area contributed by atoms with E-state index in [1.54, 1.807) is 37.6 Å². The lowest BCUT2D eigenvalue weighted by Gasteiger charge is -2.23. The van der Waals surface area contributed by atoms with Crippen LogP contribution in [0.1, 0.15) is 16.7 Å². The molecule has 1 heterocycles. The van der Waals surface area contributed by atoms with Crippen LogP contribution in [0.4, 0.5) is 18.9 Å². The number of halogens is 3. The third-order valence-electron chi connectivity index (χ3n) is 4.59. The minimum Gasteiger partial charge on any atom is -0.383 e. The molecule has 1 atom stereocenters. The fraction of sp³-hybridized carbons (Fsp3) is 0.316. The molecule has 0 fully saturated rings. The van der Waals surface area contributed by atoms with Gasteiger partial charge in [-0.15, -0.1) is 0 Å². The zero-order chi connectivity index (χ0) is 22.3. The van der Waals surface area contributed by atoms with Gasteiger partial charge < -0.3 is 15.3 Å². The summed E-state index contributed by atoms with van der Waals surface area (Å²) >= 11 is 0. The van der Waals surface area contributed by atoms with Crippen LogP contribution in [0, 0.1) is 20.8 Å². The standard InChI is InChI=1S/C19H21F3N4O3S/c1-10-6-11(2)17(12(3)7-10)30(28,29)26-16(19(20,21)22)9-23-13-4-5-14-15(8-13)25-18(27)24-14/h4-8,16,23,26H,9H2,1-3H3,(H2,24,25,27). The number of aryl methyl sites for hydroxylation is 3. The Morgan fingerprint density at radius 3 is 2.20 bits per heavy atom. The summed E-state index contributed by atoms with van der Waals surface area (Å²) in [6.45, 7) is 4.14. The van der Waals surface area contributed by atoms with Crippen molar-refractivity contribution in [1.29, 1.82) is 0 Å². The van der Waals surface area contributed by atoms with Crippen LogP contribution in [0.15, 0.2) is 40.0 Å². The molecule has 0 amide bonds. The lowest BCUT2D eigenvalue weighted by Crippen LogP contribution is -2.49. The van der Waals surface area contributed by atoms with E-state index in [2.05, 4.69) is 15.3 Å². The first-order chi connectivity index (χ1) is 13.9. The van der Waals surface area contributed by atoms with Gasteiger partial charge in [0.15, 0.2) is 0 Å². The molecule has 30 heavy (non-hydrogen) atoms. The van der Waals surface area contributed by atoms with Gasteiger partial charge in [-0.05, 0) is 50.1 Å². The summed E-state index contributed by atoms with van der Waals surface area (Å²) in [5, 5.41) is 2.58. The molecule has 0 bridgehead atoms. The van der Waals surface area contributed by atoms with Crippen LogP contribution >= 0.6 is 0 Å². The number of anilines is 1. The van der Waals surface area contributed by atoms with Crippen molar-refractivity contribution in [3.05, 3.63) is 57.5 Å². The van der Waals surface area contributed by atoms with Gasteiger partial charge in [0.25, 0.3) is 0 Å². The number of hydrogen-bond donors (Lipinski definition) is 4. The molecule has 0 saturated carbocycles. The minimum atomic E-state index is -4.82. The van der Waals surface area contributed by atoms with Crippen molar-refractivity contribution in [3.63, 3.8) is 0 Å². The fourth-order valence-corrected chi connectivity index (χ4v) is 5.10. The van der Waals surface area contributed by atoms with Gasteiger partial charge in [-0.2, -0.15) is 17.9 Å². The van der Waals surface area contributed by atoms with Gasteiger partial charge in [0.1, 0.15) is 6.04 Å². The van der Waals surface area contributed by atoms with Gasteiger partial charge in [0.2, 0.25) is 10.0 Å². The maximum absolute atomic E-state index is 13.6. The zero-order valence-corrected chi connectivity index (χ0v) is 17.3. The number of fused-ring (bicyclic) bond motifs is 1. The summed E-state index contributed by atoms with van der Waals surface area (Å²) in [5.74, 6) is 0. The van der Waals surface area contributed by atoms with Crippen LogP contribution in [0.5, 0.6) is 0 Å².